The van der Waals surface area contributed by atoms with Gasteiger partial charge in [-0.25, -0.2) is 0 Å². The number of amides is 2. The number of ether oxygens (including phenoxy) is 2. The number of methoxy groups -OCH3 is 2. The number of carbonyl (C=O) groups excluding carboxylic acids is 2. The Morgan fingerprint density at radius 2 is 1.56 bits per heavy atom. The van der Waals surface area contributed by atoms with Gasteiger partial charge in [0.25, 0.3) is 11.8 Å². The van der Waals surface area contributed by atoms with Crippen molar-refractivity contribution in [3.63, 3.8) is 0 Å². The van der Waals surface area contributed by atoms with Crippen molar-refractivity contribution in [3.8, 4) is 11.5 Å². The van der Waals surface area contributed by atoms with E-state index in [4.69, 9.17) is 32.7 Å². The van der Waals surface area contributed by atoms with Crippen LogP contribution in [0.3, 0.4) is 0 Å². The van der Waals surface area contributed by atoms with Gasteiger partial charge in [-0.3, -0.25) is 14.6 Å². The summed E-state index contributed by atoms with van der Waals surface area (Å²) in [5.41, 5.74) is 3.48. The molecular formula is C27H27Cl2N3O4. The lowest BCUT2D eigenvalue weighted by Gasteiger charge is -2.32. The highest BCUT2D eigenvalue weighted by atomic mass is 35.5. The minimum atomic E-state index is -0.221. The number of likely N-dealkylation sites (tertiary alicyclic amines) is 1. The minimum absolute atomic E-state index is 0.172. The Morgan fingerprint density at radius 1 is 0.972 bits per heavy atom. The summed E-state index contributed by atoms with van der Waals surface area (Å²) >= 11 is 12.3. The molecule has 0 saturated carbocycles. The minimum Gasteiger partial charge on any atom is -0.493 e. The highest BCUT2D eigenvalue weighted by molar-refractivity contribution is 6.39. The number of carbonyl (C=O) groups is 2. The Balaban J connectivity index is 1.38. The van der Waals surface area contributed by atoms with Crippen LogP contribution < -0.4 is 14.8 Å². The fourth-order valence-corrected chi connectivity index (χ4v) is 4.98. The molecule has 0 spiro atoms. The van der Waals surface area contributed by atoms with E-state index in [1.165, 1.54) is 25.1 Å². The first-order valence-electron chi connectivity index (χ1n) is 11.5. The Labute approximate surface area is 220 Å². The van der Waals surface area contributed by atoms with Crippen molar-refractivity contribution < 1.29 is 19.1 Å². The number of aryl methyl sites for hydroxylation is 1. The van der Waals surface area contributed by atoms with E-state index in [9.17, 15) is 9.59 Å². The summed E-state index contributed by atoms with van der Waals surface area (Å²) in [7, 11) is 3.10. The summed E-state index contributed by atoms with van der Waals surface area (Å²) in [5, 5.41) is 3.47. The molecule has 0 radical (unpaired) electrons. The van der Waals surface area contributed by atoms with Gasteiger partial charge in [-0.05, 0) is 61.1 Å². The fraction of sp³-hybridized carbons (Fsp3) is 0.296. The van der Waals surface area contributed by atoms with E-state index in [1.807, 2.05) is 31.2 Å². The van der Waals surface area contributed by atoms with Crippen molar-refractivity contribution >= 4 is 40.7 Å². The standard InChI is InChI=1S/C27H27Cl2N3O4/c1-16-12-23(35-2)24(36-3)13-20(16)26(33)31-19-6-4-17(5-7-19)18-8-10-32(11-9-18)27(34)25-21(28)14-30-15-22(25)29/h4-7,12-15,18H,8-11H2,1-3H3,(H,31,33). The van der Waals surface area contributed by atoms with Gasteiger partial charge in [0.15, 0.2) is 11.5 Å². The van der Waals surface area contributed by atoms with Gasteiger partial charge in [0.05, 0.1) is 29.8 Å². The van der Waals surface area contributed by atoms with Crippen LogP contribution >= 0.6 is 23.2 Å². The summed E-state index contributed by atoms with van der Waals surface area (Å²) in [6.45, 7) is 3.07. The van der Waals surface area contributed by atoms with Crippen LogP contribution in [0.5, 0.6) is 11.5 Å². The molecule has 188 valence electrons. The molecule has 36 heavy (non-hydrogen) atoms. The zero-order valence-electron chi connectivity index (χ0n) is 20.3. The lowest BCUT2D eigenvalue weighted by molar-refractivity contribution is 0.0713. The first kappa shape index (κ1) is 25.8. The normalized spacial score (nSPS) is 13.9. The monoisotopic (exact) mass is 527 g/mol. The Bertz CT molecular complexity index is 1250. The van der Waals surface area contributed by atoms with Gasteiger partial charge in [-0.15, -0.1) is 0 Å². The molecule has 0 unspecified atom stereocenters. The summed E-state index contributed by atoms with van der Waals surface area (Å²) in [6, 6.07) is 11.3. The third-order valence-electron chi connectivity index (χ3n) is 6.46. The van der Waals surface area contributed by atoms with E-state index < -0.39 is 0 Å². The molecule has 1 aliphatic heterocycles. The number of benzene rings is 2. The van der Waals surface area contributed by atoms with E-state index in [0.717, 1.165) is 18.4 Å². The second kappa shape index (κ2) is 11.2. The van der Waals surface area contributed by atoms with Crippen molar-refractivity contribution in [2.75, 3.05) is 32.6 Å². The molecule has 1 aromatic heterocycles. The molecule has 2 aromatic carbocycles. The van der Waals surface area contributed by atoms with Crippen molar-refractivity contribution in [2.45, 2.75) is 25.7 Å². The largest absolute Gasteiger partial charge is 0.493 e. The molecule has 2 amide bonds. The van der Waals surface area contributed by atoms with Crippen molar-refractivity contribution in [3.05, 3.63) is 81.1 Å². The topological polar surface area (TPSA) is 80.8 Å². The predicted octanol–water partition coefficient (Wildman–Crippen LogP) is 5.99. The summed E-state index contributed by atoms with van der Waals surface area (Å²) in [6.07, 6.45) is 4.51. The zero-order chi connectivity index (χ0) is 25.8. The molecule has 1 aliphatic rings. The van der Waals surface area contributed by atoms with Crippen molar-refractivity contribution in [1.82, 2.24) is 9.88 Å². The van der Waals surface area contributed by atoms with E-state index in [0.29, 0.717) is 47.3 Å². The van der Waals surface area contributed by atoms with Crippen LogP contribution in [0.15, 0.2) is 48.8 Å². The Hall–Kier alpha value is -3.29. The number of hydrogen-bond acceptors (Lipinski definition) is 5. The fourth-order valence-electron chi connectivity index (χ4n) is 4.45. The predicted molar refractivity (Wildman–Crippen MR) is 141 cm³/mol. The second-order valence-electron chi connectivity index (χ2n) is 8.64. The second-order valence-corrected chi connectivity index (χ2v) is 9.46. The number of hydrogen-bond donors (Lipinski definition) is 1. The van der Waals surface area contributed by atoms with Crippen LogP contribution in [-0.4, -0.2) is 49.0 Å². The molecule has 2 heterocycles. The van der Waals surface area contributed by atoms with E-state index in [2.05, 4.69) is 10.3 Å². The molecule has 7 nitrogen and oxygen atoms in total. The Morgan fingerprint density at radius 3 is 2.14 bits per heavy atom. The highest BCUT2D eigenvalue weighted by Crippen LogP contribution is 2.33. The quantitative estimate of drug-likeness (QED) is 0.426. The van der Waals surface area contributed by atoms with Gasteiger partial charge in [0, 0.05) is 36.7 Å². The first-order chi connectivity index (χ1) is 17.3. The maximum absolute atomic E-state index is 12.9. The van der Waals surface area contributed by atoms with Crippen molar-refractivity contribution in [1.29, 1.82) is 0 Å². The van der Waals surface area contributed by atoms with Gasteiger partial charge in [-0.2, -0.15) is 0 Å². The maximum atomic E-state index is 12.9. The molecule has 1 N–H and O–H groups in total. The number of piperidine rings is 1. The van der Waals surface area contributed by atoms with Gasteiger partial charge in [0.1, 0.15) is 0 Å². The van der Waals surface area contributed by atoms with Crippen LogP contribution in [0.1, 0.15) is 50.6 Å². The van der Waals surface area contributed by atoms with E-state index in [1.54, 1.807) is 24.1 Å². The number of anilines is 1. The summed E-state index contributed by atoms with van der Waals surface area (Å²) in [4.78, 5) is 31.5. The van der Waals surface area contributed by atoms with Crippen LogP contribution in [0.25, 0.3) is 0 Å². The van der Waals surface area contributed by atoms with Gasteiger partial charge < -0.3 is 19.7 Å². The molecule has 0 aliphatic carbocycles. The molecule has 1 fully saturated rings. The SMILES string of the molecule is COc1cc(C)c(C(=O)Nc2ccc(C3CCN(C(=O)c4c(Cl)cncc4Cl)CC3)cc2)cc1OC. The third-order valence-corrected chi connectivity index (χ3v) is 7.04. The number of nitrogens with zero attached hydrogens (tertiary/aromatic N) is 2. The van der Waals surface area contributed by atoms with Crippen LogP contribution in [-0.2, 0) is 0 Å². The molecule has 0 bridgehead atoms. The highest BCUT2D eigenvalue weighted by Gasteiger charge is 2.27. The van der Waals surface area contributed by atoms with E-state index >= 15 is 0 Å². The first-order valence-corrected chi connectivity index (χ1v) is 12.3. The number of pyridine rings is 1. The smallest absolute Gasteiger partial charge is 0.257 e. The summed E-state index contributed by atoms with van der Waals surface area (Å²) < 4.78 is 10.6. The molecule has 9 heteroatoms. The molecule has 1 saturated heterocycles. The van der Waals surface area contributed by atoms with Crippen LogP contribution in [0.4, 0.5) is 5.69 Å². The molecular weight excluding hydrogens is 501 g/mol. The van der Waals surface area contributed by atoms with E-state index in [-0.39, 0.29) is 21.9 Å². The van der Waals surface area contributed by atoms with Crippen LogP contribution in [0, 0.1) is 6.92 Å². The third kappa shape index (κ3) is 5.42. The Kier molecular flexibility index (Phi) is 8.01. The zero-order valence-corrected chi connectivity index (χ0v) is 21.8. The number of nitrogens with one attached hydrogen (secondary N) is 1. The number of aromatic nitrogens is 1. The maximum Gasteiger partial charge on any atom is 0.257 e. The average Bonchev–Trinajstić information content (AvgIpc) is 2.88. The average molecular weight is 528 g/mol. The number of rotatable bonds is 6. The number of halogens is 2. The van der Waals surface area contributed by atoms with Gasteiger partial charge in [-0.1, -0.05) is 35.3 Å². The molecule has 4 rings (SSSR count). The summed E-state index contributed by atoms with van der Waals surface area (Å²) in [5.74, 6) is 1.00. The van der Waals surface area contributed by atoms with Crippen molar-refractivity contribution in [2.24, 2.45) is 0 Å². The molecule has 0 atom stereocenters. The van der Waals surface area contributed by atoms with Gasteiger partial charge in [0.2, 0.25) is 0 Å². The van der Waals surface area contributed by atoms with Crippen LogP contribution in [0.2, 0.25) is 10.0 Å². The lowest BCUT2D eigenvalue weighted by atomic mass is 9.89. The lowest BCUT2D eigenvalue weighted by Crippen LogP contribution is -2.38. The molecule has 3 aromatic rings. The van der Waals surface area contributed by atoms with Gasteiger partial charge >= 0.3 is 0 Å².